The predicted molar refractivity (Wildman–Crippen MR) is 56.3 cm³/mol. The smallest absolute Gasteiger partial charge is 0.331 e. The van der Waals surface area contributed by atoms with Gasteiger partial charge in [-0.1, -0.05) is 22.6 Å². The summed E-state index contributed by atoms with van der Waals surface area (Å²) in [5.41, 5.74) is -1.93. The van der Waals surface area contributed by atoms with Crippen LogP contribution in [-0.4, -0.2) is 19.9 Å². The zero-order valence-electron chi connectivity index (χ0n) is 7.33. The molecule has 0 aliphatic heterocycles. The number of nitrogens with zero attached hydrogens (tertiary/aromatic N) is 1. The molecule has 1 aromatic heterocycles. The highest BCUT2D eigenvalue weighted by molar-refractivity contribution is 14.1. The van der Waals surface area contributed by atoms with Crippen molar-refractivity contribution >= 4 is 28.6 Å². The number of hydrogen-bond acceptors (Lipinski definition) is 4. The number of rotatable bonds is 3. The number of carbonyl (C=O) groups is 1. The van der Waals surface area contributed by atoms with Crippen molar-refractivity contribution in [2.24, 2.45) is 0 Å². The van der Waals surface area contributed by atoms with Gasteiger partial charge in [0.25, 0.3) is 5.56 Å². The third-order valence-electron chi connectivity index (χ3n) is 1.44. The van der Waals surface area contributed by atoms with Crippen LogP contribution in [0.5, 0.6) is 0 Å². The van der Waals surface area contributed by atoms with Gasteiger partial charge in [0.05, 0.1) is 10.6 Å². The Hall–Kier alpha value is -1.19. The van der Waals surface area contributed by atoms with E-state index in [-0.39, 0.29) is 4.43 Å². The van der Waals surface area contributed by atoms with Gasteiger partial charge in [-0.25, -0.2) is 4.79 Å². The number of hydrogen-bond donors (Lipinski definition) is 1. The molecule has 1 aromatic rings. The Morgan fingerprint density at radius 1 is 1.60 bits per heavy atom. The largest absolute Gasteiger partial charge is 0.443 e. The average molecular weight is 328 g/mol. The Kier molecular flexibility index (Phi) is 4.00. The normalized spacial score (nSPS) is 10.0. The Morgan fingerprint density at radius 3 is 2.87 bits per heavy atom. The van der Waals surface area contributed by atoms with E-state index in [4.69, 9.17) is 0 Å². The van der Waals surface area contributed by atoms with Gasteiger partial charge in [-0.3, -0.25) is 19.1 Å². The highest BCUT2D eigenvalue weighted by Crippen LogP contribution is 1.89. The lowest BCUT2D eigenvalue weighted by molar-refractivity contribution is -0.144. The molecule has 0 saturated carbocycles. The molecule has 0 radical (unpaired) electrons. The summed E-state index contributed by atoms with van der Waals surface area (Å²) in [7, 11) is 0. The van der Waals surface area contributed by atoms with Crippen molar-refractivity contribution in [3.63, 3.8) is 0 Å². The summed E-state index contributed by atoms with van der Waals surface area (Å²) in [6.07, 6.45) is 0.682. The van der Waals surface area contributed by atoms with Crippen molar-refractivity contribution in [3.8, 4) is 0 Å². The van der Waals surface area contributed by atoms with Gasteiger partial charge in [0.15, 0.2) is 6.73 Å². The molecule has 8 heteroatoms. The minimum absolute atomic E-state index is 0.123. The fraction of sp³-hybridized carbons (Fsp3) is 0.286. The van der Waals surface area contributed by atoms with Gasteiger partial charge >= 0.3 is 11.7 Å². The van der Waals surface area contributed by atoms with Gasteiger partial charge in [-0.2, -0.15) is 4.39 Å². The van der Waals surface area contributed by atoms with Gasteiger partial charge in [-0.05, 0) is 0 Å². The first kappa shape index (κ1) is 11.9. The number of ether oxygens (including phenoxy) is 1. The fourth-order valence-electron chi connectivity index (χ4n) is 0.759. The van der Waals surface area contributed by atoms with Crippen molar-refractivity contribution in [2.45, 2.75) is 6.73 Å². The molecule has 1 heterocycles. The molecule has 0 unspecified atom stereocenters. The molecule has 6 nitrogen and oxygen atoms in total. The monoisotopic (exact) mass is 328 g/mol. The quantitative estimate of drug-likeness (QED) is 0.466. The van der Waals surface area contributed by atoms with E-state index in [1.165, 1.54) is 0 Å². The van der Waals surface area contributed by atoms with Gasteiger partial charge in [0.1, 0.15) is 0 Å². The molecular formula is C7H6FIN2O4. The molecule has 1 rings (SSSR count). The lowest BCUT2D eigenvalue weighted by Crippen LogP contribution is -2.32. The molecule has 15 heavy (non-hydrogen) atoms. The Bertz CT molecular complexity index is 481. The summed E-state index contributed by atoms with van der Waals surface area (Å²) in [6.45, 7) is -0.422. The van der Waals surface area contributed by atoms with Crippen LogP contribution in [0.25, 0.3) is 0 Å². The van der Waals surface area contributed by atoms with Crippen molar-refractivity contribution in [2.75, 3.05) is 4.43 Å². The maximum atomic E-state index is 12.7. The number of esters is 1. The van der Waals surface area contributed by atoms with E-state index < -0.39 is 29.8 Å². The van der Waals surface area contributed by atoms with E-state index in [9.17, 15) is 18.8 Å². The van der Waals surface area contributed by atoms with E-state index >= 15 is 0 Å². The van der Waals surface area contributed by atoms with Crippen molar-refractivity contribution in [1.82, 2.24) is 9.55 Å². The van der Waals surface area contributed by atoms with Gasteiger partial charge in [0.2, 0.25) is 5.82 Å². The molecule has 0 aliphatic rings. The summed E-state index contributed by atoms with van der Waals surface area (Å²) >= 11 is 1.78. The summed E-state index contributed by atoms with van der Waals surface area (Å²) in [6, 6.07) is 0. The SMILES string of the molecule is O=C(CI)OCn1cc(F)c(=O)[nH]c1=O. The molecule has 0 spiro atoms. The van der Waals surface area contributed by atoms with E-state index in [0.29, 0.717) is 6.20 Å². The van der Waals surface area contributed by atoms with E-state index in [2.05, 4.69) is 4.74 Å². The second-order valence-corrected chi connectivity index (χ2v) is 3.25. The zero-order chi connectivity index (χ0) is 11.4. The second-order valence-electron chi connectivity index (χ2n) is 2.49. The molecule has 1 N–H and O–H groups in total. The van der Waals surface area contributed by atoms with Crippen LogP contribution in [0.3, 0.4) is 0 Å². The third-order valence-corrected chi connectivity index (χ3v) is 2.06. The lowest BCUT2D eigenvalue weighted by atomic mass is 10.6. The maximum Gasteiger partial charge on any atom is 0.331 e. The summed E-state index contributed by atoms with van der Waals surface area (Å²) < 4.78 is 18.2. The number of halogens is 2. The maximum absolute atomic E-state index is 12.7. The molecule has 0 bridgehead atoms. The van der Waals surface area contributed by atoms with Crippen molar-refractivity contribution in [3.05, 3.63) is 32.9 Å². The average Bonchev–Trinajstić information content (AvgIpc) is 2.21. The fourth-order valence-corrected chi connectivity index (χ4v) is 0.979. The number of H-pyrrole nitrogens is 1. The lowest BCUT2D eigenvalue weighted by Gasteiger charge is -2.04. The highest BCUT2D eigenvalue weighted by Gasteiger charge is 2.05. The van der Waals surface area contributed by atoms with Gasteiger partial charge in [-0.15, -0.1) is 0 Å². The van der Waals surface area contributed by atoms with E-state index in [1.807, 2.05) is 0 Å². The third kappa shape index (κ3) is 3.15. The van der Waals surface area contributed by atoms with Crippen molar-refractivity contribution < 1.29 is 13.9 Å². The Morgan fingerprint density at radius 2 is 2.27 bits per heavy atom. The molecule has 0 saturated heterocycles. The predicted octanol–water partition coefficient (Wildman–Crippen LogP) is -0.389. The topological polar surface area (TPSA) is 81.2 Å². The number of carbonyl (C=O) groups excluding carboxylic acids is 1. The van der Waals surface area contributed by atoms with Crippen LogP contribution in [0.2, 0.25) is 0 Å². The highest BCUT2D eigenvalue weighted by atomic mass is 127. The summed E-state index contributed by atoms with van der Waals surface area (Å²) in [4.78, 5) is 34.1. The van der Waals surface area contributed by atoms with Gasteiger partial charge in [0, 0.05) is 0 Å². The minimum atomic E-state index is -1.11. The van der Waals surface area contributed by atoms with E-state index in [0.717, 1.165) is 4.57 Å². The van der Waals surface area contributed by atoms with Crippen molar-refractivity contribution in [1.29, 1.82) is 0 Å². The summed E-state index contributed by atoms with van der Waals surface area (Å²) in [5.74, 6) is -1.64. The van der Waals surface area contributed by atoms with Crippen LogP contribution in [0.15, 0.2) is 15.8 Å². The first-order valence-corrected chi connectivity index (χ1v) is 5.28. The Labute approximate surface area is 96.2 Å². The molecule has 0 fully saturated rings. The molecule has 0 atom stereocenters. The molecule has 0 aromatic carbocycles. The van der Waals surface area contributed by atoms with Crippen LogP contribution in [0, 0.1) is 5.82 Å². The second kappa shape index (κ2) is 5.05. The number of alkyl halides is 1. The molecule has 0 aliphatic carbocycles. The zero-order valence-corrected chi connectivity index (χ0v) is 9.49. The van der Waals surface area contributed by atoms with Crippen LogP contribution in [0.4, 0.5) is 4.39 Å². The molecule has 82 valence electrons. The minimum Gasteiger partial charge on any atom is -0.443 e. The Balaban J connectivity index is 2.87. The molecule has 0 amide bonds. The van der Waals surface area contributed by atoms with Gasteiger partial charge < -0.3 is 4.74 Å². The summed E-state index contributed by atoms with van der Waals surface area (Å²) in [5, 5.41) is 0. The van der Waals surface area contributed by atoms with E-state index in [1.54, 1.807) is 27.6 Å². The number of aromatic amines is 1. The standard InChI is InChI=1S/C7H6FIN2O4/c8-4-2-11(3-15-5(12)1-9)7(14)10-6(4)13/h2H,1,3H2,(H,10,13,14). The van der Waals surface area contributed by atoms with Crippen LogP contribution < -0.4 is 11.2 Å². The number of nitrogens with one attached hydrogen (secondary N) is 1. The first-order chi connectivity index (χ1) is 7.04. The van der Waals surface area contributed by atoms with Crippen LogP contribution in [0.1, 0.15) is 0 Å². The van der Waals surface area contributed by atoms with Crippen LogP contribution >= 0.6 is 22.6 Å². The first-order valence-electron chi connectivity index (χ1n) is 3.75. The van der Waals surface area contributed by atoms with Crippen LogP contribution in [-0.2, 0) is 16.3 Å². The molecular weight excluding hydrogens is 322 g/mol. The number of aromatic nitrogens is 2.